The van der Waals surface area contributed by atoms with Crippen molar-refractivity contribution in [1.82, 2.24) is 0 Å². The van der Waals surface area contributed by atoms with Gasteiger partial charge in [0, 0.05) is 5.39 Å². The number of aromatic hydroxyl groups is 1. The van der Waals surface area contributed by atoms with Crippen molar-refractivity contribution in [2.24, 2.45) is 10.2 Å². The van der Waals surface area contributed by atoms with Crippen LogP contribution in [0.15, 0.2) is 75.8 Å². The van der Waals surface area contributed by atoms with Crippen molar-refractivity contribution < 1.29 is 27.6 Å². The van der Waals surface area contributed by atoms with Gasteiger partial charge in [0.25, 0.3) is 16.0 Å². The highest BCUT2D eigenvalue weighted by atomic mass is 35.5. The van der Waals surface area contributed by atoms with Gasteiger partial charge in [-0.15, -0.1) is 10.2 Å². The summed E-state index contributed by atoms with van der Waals surface area (Å²) in [7, 11) is -4.69. The standard InChI is InChI=1S/C26H21Cl2N3O6S/c1-3-37-19-10-6-9-18(22(19)28)29-26(33)17-13-15-7-4-5-8-16(15)23(25(17)32)30-31-24-20(38(34,35)36)12-11-14(2)21(24)27/h4-13,32H,3H2,1-2H3,(H,29,33)(H,34,35,36). The number of anilines is 1. The molecule has 0 atom stereocenters. The molecule has 4 aromatic carbocycles. The first-order valence-electron chi connectivity index (χ1n) is 11.2. The number of azo groups is 1. The second-order valence-corrected chi connectivity index (χ2v) is 10.2. The van der Waals surface area contributed by atoms with E-state index >= 15 is 0 Å². The number of hydrogen-bond donors (Lipinski definition) is 3. The SMILES string of the molecule is CCOc1cccc(NC(=O)c2cc3ccccc3c(N=Nc3c(S(=O)(=O)O)ccc(C)c3Cl)c2O)c1Cl. The van der Waals surface area contributed by atoms with E-state index in [1.54, 1.807) is 56.3 Å². The van der Waals surface area contributed by atoms with Gasteiger partial charge < -0.3 is 15.2 Å². The Labute approximate surface area is 228 Å². The molecule has 9 nitrogen and oxygen atoms in total. The Morgan fingerprint density at radius 2 is 1.71 bits per heavy atom. The first-order valence-corrected chi connectivity index (χ1v) is 13.4. The zero-order valence-corrected chi connectivity index (χ0v) is 22.4. The van der Waals surface area contributed by atoms with Crippen molar-refractivity contribution in [3.63, 3.8) is 0 Å². The van der Waals surface area contributed by atoms with Gasteiger partial charge in [-0.1, -0.05) is 59.6 Å². The maximum atomic E-state index is 13.2. The van der Waals surface area contributed by atoms with E-state index in [9.17, 15) is 22.9 Å². The molecule has 0 aliphatic heterocycles. The van der Waals surface area contributed by atoms with Gasteiger partial charge in [0.15, 0.2) is 5.75 Å². The van der Waals surface area contributed by atoms with Crippen LogP contribution in [0.2, 0.25) is 10.0 Å². The Balaban J connectivity index is 1.84. The summed E-state index contributed by atoms with van der Waals surface area (Å²) in [5, 5.41) is 22.9. The summed E-state index contributed by atoms with van der Waals surface area (Å²) < 4.78 is 38.9. The molecule has 12 heteroatoms. The van der Waals surface area contributed by atoms with Gasteiger partial charge >= 0.3 is 0 Å². The van der Waals surface area contributed by atoms with Crippen molar-refractivity contribution in [3.05, 3.63) is 81.8 Å². The Bertz CT molecular complexity index is 1710. The Hall–Kier alpha value is -3.70. The molecule has 0 spiro atoms. The van der Waals surface area contributed by atoms with E-state index in [0.29, 0.717) is 28.7 Å². The van der Waals surface area contributed by atoms with E-state index in [0.717, 1.165) is 6.07 Å². The quantitative estimate of drug-likeness (QED) is 0.155. The summed E-state index contributed by atoms with van der Waals surface area (Å²) >= 11 is 12.6. The normalized spacial score (nSPS) is 11.7. The summed E-state index contributed by atoms with van der Waals surface area (Å²) in [6.07, 6.45) is 0. The van der Waals surface area contributed by atoms with E-state index in [1.807, 2.05) is 0 Å². The van der Waals surface area contributed by atoms with Gasteiger partial charge in [0.05, 0.1) is 22.9 Å². The number of fused-ring (bicyclic) bond motifs is 1. The number of carbonyl (C=O) groups is 1. The number of ether oxygens (including phenoxy) is 1. The molecule has 0 aliphatic rings. The first kappa shape index (κ1) is 27.3. The minimum Gasteiger partial charge on any atom is -0.505 e. The van der Waals surface area contributed by atoms with Gasteiger partial charge in [-0.25, -0.2) is 0 Å². The van der Waals surface area contributed by atoms with Crippen LogP contribution in [0.3, 0.4) is 0 Å². The van der Waals surface area contributed by atoms with Crippen molar-refractivity contribution in [2.75, 3.05) is 11.9 Å². The number of hydrogen-bond acceptors (Lipinski definition) is 7. The van der Waals surface area contributed by atoms with Crippen LogP contribution in [0.25, 0.3) is 10.8 Å². The highest BCUT2D eigenvalue weighted by Crippen LogP contribution is 2.42. The number of rotatable bonds is 7. The molecule has 0 fully saturated rings. The molecule has 0 unspecified atom stereocenters. The molecule has 196 valence electrons. The predicted octanol–water partition coefficient (Wildman–Crippen LogP) is 7.47. The number of phenolic OH excluding ortho intramolecular Hbond substituents is 1. The van der Waals surface area contributed by atoms with E-state index < -0.39 is 26.7 Å². The number of nitrogens with one attached hydrogen (secondary N) is 1. The lowest BCUT2D eigenvalue weighted by atomic mass is 10.0. The van der Waals surface area contributed by atoms with Crippen molar-refractivity contribution in [1.29, 1.82) is 0 Å². The first-order chi connectivity index (χ1) is 18.0. The van der Waals surface area contributed by atoms with E-state index in [1.165, 1.54) is 12.1 Å². The highest BCUT2D eigenvalue weighted by Gasteiger charge is 2.22. The molecule has 4 aromatic rings. The van der Waals surface area contributed by atoms with Crippen LogP contribution >= 0.6 is 23.2 Å². The lowest BCUT2D eigenvalue weighted by molar-refractivity contribution is 0.102. The number of amides is 1. The molecular formula is C26H21Cl2N3O6S. The third-order valence-electron chi connectivity index (χ3n) is 5.55. The molecule has 1 amide bonds. The fraction of sp³-hybridized carbons (Fsp3) is 0.115. The maximum absolute atomic E-state index is 13.2. The zero-order valence-electron chi connectivity index (χ0n) is 20.1. The second kappa shape index (κ2) is 11.0. The zero-order chi connectivity index (χ0) is 27.6. The minimum absolute atomic E-state index is 0.0506. The fourth-order valence-electron chi connectivity index (χ4n) is 3.70. The number of carbonyl (C=O) groups excluding carboxylic acids is 1. The predicted molar refractivity (Wildman–Crippen MR) is 146 cm³/mol. The smallest absolute Gasteiger partial charge is 0.296 e. The van der Waals surface area contributed by atoms with Crippen LogP contribution in [0.5, 0.6) is 11.5 Å². The van der Waals surface area contributed by atoms with Gasteiger partial charge in [-0.05, 0) is 49.1 Å². The van der Waals surface area contributed by atoms with Crippen molar-refractivity contribution >= 4 is 67.1 Å². The van der Waals surface area contributed by atoms with E-state index in [-0.39, 0.29) is 32.7 Å². The second-order valence-electron chi connectivity index (χ2n) is 8.07. The Morgan fingerprint density at radius 3 is 2.42 bits per heavy atom. The summed E-state index contributed by atoms with van der Waals surface area (Å²) in [4.78, 5) is 12.7. The summed E-state index contributed by atoms with van der Waals surface area (Å²) in [6, 6.07) is 15.7. The number of aryl methyl sites for hydroxylation is 1. The van der Waals surface area contributed by atoms with Crippen molar-refractivity contribution in [3.8, 4) is 11.5 Å². The van der Waals surface area contributed by atoms with Gasteiger partial charge in [-0.2, -0.15) is 8.42 Å². The summed E-state index contributed by atoms with van der Waals surface area (Å²) in [5.74, 6) is -0.819. The molecule has 0 radical (unpaired) electrons. The monoisotopic (exact) mass is 573 g/mol. The molecule has 3 N–H and O–H groups in total. The van der Waals surface area contributed by atoms with Gasteiger partial charge in [0.1, 0.15) is 27.0 Å². The number of benzene rings is 4. The van der Waals surface area contributed by atoms with E-state index in [4.69, 9.17) is 27.9 Å². The highest BCUT2D eigenvalue weighted by molar-refractivity contribution is 7.86. The van der Waals surface area contributed by atoms with Crippen LogP contribution in [0, 0.1) is 6.92 Å². The molecule has 4 rings (SSSR count). The molecule has 0 heterocycles. The average Bonchev–Trinajstić information content (AvgIpc) is 2.87. The van der Waals surface area contributed by atoms with Crippen LogP contribution in [0.1, 0.15) is 22.8 Å². The van der Waals surface area contributed by atoms with Crippen LogP contribution in [0.4, 0.5) is 17.1 Å². The third-order valence-corrected chi connectivity index (χ3v) is 7.30. The molecule has 0 bridgehead atoms. The molecular weight excluding hydrogens is 553 g/mol. The topological polar surface area (TPSA) is 138 Å². The largest absolute Gasteiger partial charge is 0.505 e. The van der Waals surface area contributed by atoms with Gasteiger partial charge in [-0.3, -0.25) is 9.35 Å². The maximum Gasteiger partial charge on any atom is 0.296 e. The fourth-order valence-corrected chi connectivity index (χ4v) is 4.82. The van der Waals surface area contributed by atoms with Gasteiger partial charge in [0.2, 0.25) is 0 Å². The third kappa shape index (κ3) is 5.44. The molecule has 0 aliphatic carbocycles. The lowest BCUT2D eigenvalue weighted by Crippen LogP contribution is -2.13. The molecule has 0 saturated heterocycles. The van der Waals surface area contributed by atoms with Crippen molar-refractivity contribution in [2.45, 2.75) is 18.7 Å². The molecule has 0 saturated carbocycles. The summed E-state index contributed by atoms with van der Waals surface area (Å²) in [6.45, 7) is 3.80. The number of phenols is 1. The van der Waals surface area contributed by atoms with E-state index in [2.05, 4.69) is 15.5 Å². The average molecular weight is 574 g/mol. The lowest BCUT2D eigenvalue weighted by Gasteiger charge is -2.13. The van der Waals surface area contributed by atoms with Crippen LogP contribution in [-0.4, -0.2) is 30.6 Å². The summed E-state index contributed by atoms with van der Waals surface area (Å²) in [5.41, 5.74) is 0.193. The minimum atomic E-state index is -4.69. The molecule has 0 aromatic heterocycles. The molecule has 38 heavy (non-hydrogen) atoms. The van der Waals surface area contributed by atoms with Crippen LogP contribution < -0.4 is 10.1 Å². The Morgan fingerprint density at radius 1 is 1.00 bits per heavy atom. The Kier molecular flexibility index (Phi) is 7.89. The number of nitrogens with zero attached hydrogens (tertiary/aromatic N) is 2. The van der Waals surface area contributed by atoms with Crippen LogP contribution in [-0.2, 0) is 10.1 Å². The number of halogens is 2.